The summed E-state index contributed by atoms with van der Waals surface area (Å²) in [6.45, 7) is 1.24. The number of alkyl halides is 1. The van der Waals surface area contributed by atoms with Crippen LogP contribution in [0, 0.1) is 0 Å². The van der Waals surface area contributed by atoms with E-state index in [0.29, 0.717) is 0 Å². The van der Waals surface area contributed by atoms with E-state index in [2.05, 4.69) is 0 Å². The average molecular weight is 184 g/mol. The standard InChI is InChI=1S/C9H9FO3/c1-5(10)6-3-2-4-7(8(6)11)9(12)13/h2-5,11H,1H3,(H,12,13). The topological polar surface area (TPSA) is 57.5 Å². The molecule has 3 nitrogen and oxygen atoms in total. The summed E-state index contributed by atoms with van der Waals surface area (Å²) < 4.78 is 12.8. The maximum absolute atomic E-state index is 12.8. The Kier molecular flexibility index (Phi) is 2.51. The van der Waals surface area contributed by atoms with Gasteiger partial charge in [0.05, 0.1) is 0 Å². The molecule has 0 aliphatic carbocycles. The van der Waals surface area contributed by atoms with E-state index in [-0.39, 0.29) is 11.1 Å². The zero-order valence-electron chi connectivity index (χ0n) is 6.99. The number of phenols is 1. The molecular formula is C9H9FO3. The van der Waals surface area contributed by atoms with Gasteiger partial charge < -0.3 is 10.2 Å². The van der Waals surface area contributed by atoms with Crippen LogP contribution in [0.5, 0.6) is 5.75 Å². The molecule has 0 radical (unpaired) electrons. The minimum atomic E-state index is -1.38. The minimum absolute atomic E-state index is 0.0000926. The van der Waals surface area contributed by atoms with Gasteiger partial charge in [0.15, 0.2) is 0 Å². The van der Waals surface area contributed by atoms with Gasteiger partial charge in [-0.3, -0.25) is 0 Å². The van der Waals surface area contributed by atoms with E-state index in [1.165, 1.54) is 25.1 Å². The lowest BCUT2D eigenvalue weighted by atomic mass is 10.1. The molecule has 0 aromatic heterocycles. The van der Waals surface area contributed by atoms with Crippen LogP contribution in [0.4, 0.5) is 4.39 Å². The molecule has 1 aromatic rings. The summed E-state index contributed by atoms with van der Waals surface area (Å²) in [5.74, 6) is -1.76. The van der Waals surface area contributed by atoms with Crippen LogP contribution >= 0.6 is 0 Å². The van der Waals surface area contributed by atoms with Gasteiger partial charge in [0.25, 0.3) is 0 Å². The molecule has 1 aromatic carbocycles. The molecule has 0 saturated heterocycles. The van der Waals surface area contributed by atoms with Crippen molar-refractivity contribution in [3.8, 4) is 5.75 Å². The van der Waals surface area contributed by atoms with Gasteiger partial charge in [0, 0.05) is 5.56 Å². The lowest BCUT2D eigenvalue weighted by molar-refractivity contribution is 0.0693. The molecule has 1 unspecified atom stereocenters. The van der Waals surface area contributed by atoms with Crippen molar-refractivity contribution in [3.63, 3.8) is 0 Å². The van der Waals surface area contributed by atoms with Crippen molar-refractivity contribution in [3.05, 3.63) is 29.3 Å². The number of aromatic hydroxyl groups is 1. The molecule has 2 N–H and O–H groups in total. The molecule has 0 spiro atoms. The van der Waals surface area contributed by atoms with E-state index in [1.54, 1.807) is 0 Å². The van der Waals surface area contributed by atoms with Crippen molar-refractivity contribution < 1.29 is 19.4 Å². The Morgan fingerprint density at radius 3 is 2.62 bits per heavy atom. The van der Waals surface area contributed by atoms with E-state index in [9.17, 15) is 14.3 Å². The predicted octanol–water partition coefficient (Wildman–Crippen LogP) is 2.12. The molecule has 4 heteroatoms. The average Bonchev–Trinajstić information content (AvgIpc) is 2.03. The van der Waals surface area contributed by atoms with E-state index >= 15 is 0 Å². The second-order valence-electron chi connectivity index (χ2n) is 2.66. The van der Waals surface area contributed by atoms with Crippen molar-refractivity contribution in [2.75, 3.05) is 0 Å². The predicted molar refractivity (Wildman–Crippen MR) is 44.6 cm³/mol. The molecule has 0 aliphatic heterocycles. The van der Waals surface area contributed by atoms with Gasteiger partial charge in [-0.2, -0.15) is 0 Å². The maximum atomic E-state index is 12.8. The van der Waals surface area contributed by atoms with Crippen molar-refractivity contribution in [1.82, 2.24) is 0 Å². The fourth-order valence-electron chi connectivity index (χ4n) is 1.05. The third-order valence-corrected chi connectivity index (χ3v) is 1.73. The molecule has 0 heterocycles. The van der Waals surface area contributed by atoms with Crippen LogP contribution < -0.4 is 0 Å². The van der Waals surface area contributed by atoms with Gasteiger partial charge >= 0.3 is 5.97 Å². The molecule has 1 rings (SSSR count). The first kappa shape index (κ1) is 9.51. The van der Waals surface area contributed by atoms with Crippen LogP contribution in [0.2, 0.25) is 0 Å². The molecule has 0 saturated carbocycles. The second-order valence-corrected chi connectivity index (χ2v) is 2.66. The second kappa shape index (κ2) is 3.43. The molecule has 70 valence electrons. The Bertz CT molecular complexity index is 334. The Hall–Kier alpha value is -1.58. The van der Waals surface area contributed by atoms with Crippen LogP contribution in [0.1, 0.15) is 29.0 Å². The number of hydrogen-bond acceptors (Lipinski definition) is 2. The zero-order chi connectivity index (χ0) is 10.0. The van der Waals surface area contributed by atoms with Crippen molar-refractivity contribution >= 4 is 5.97 Å². The van der Waals surface area contributed by atoms with Gasteiger partial charge in [0.1, 0.15) is 17.5 Å². The van der Waals surface area contributed by atoms with E-state index < -0.39 is 17.9 Å². The van der Waals surface area contributed by atoms with Crippen molar-refractivity contribution in [1.29, 1.82) is 0 Å². The molecule has 0 aliphatic rings. The highest BCUT2D eigenvalue weighted by molar-refractivity contribution is 5.91. The lowest BCUT2D eigenvalue weighted by Gasteiger charge is -2.07. The molecule has 1 atom stereocenters. The monoisotopic (exact) mass is 184 g/mol. The normalized spacial score (nSPS) is 12.5. The summed E-state index contributed by atoms with van der Waals surface area (Å²) in [5, 5.41) is 17.9. The molecule has 13 heavy (non-hydrogen) atoms. The third-order valence-electron chi connectivity index (χ3n) is 1.73. The van der Waals surface area contributed by atoms with Crippen LogP contribution in [-0.4, -0.2) is 16.2 Å². The molecular weight excluding hydrogens is 175 g/mol. The number of halogens is 1. The smallest absolute Gasteiger partial charge is 0.339 e. The van der Waals surface area contributed by atoms with Crippen molar-refractivity contribution in [2.45, 2.75) is 13.1 Å². The van der Waals surface area contributed by atoms with Gasteiger partial charge in [-0.15, -0.1) is 0 Å². The minimum Gasteiger partial charge on any atom is -0.507 e. The largest absolute Gasteiger partial charge is 0.507 e. The Morgan fingerprint density at radius 2 is 2.15 bits per heavy atom. The van der Waals surface area contributed by atoms with Crippen molar-refractivity contribution in [2.24, 2.45) is 0 Å². The van der Waals surface area contributed by atoms with Crippen LogP contribution in [0.25, 0.3) is 0 Å². The summed E-state index contributed by atoms with van der Waals surface area (Å²) in [5.41, 5.74) is -0.276. The first-order valence-corrected chi connectivity index (χ1v) is 3.73. The van der Waals surface area contributed by atoms with Gasteiger partial charge in [-0.1, -0.05) is 12.1 Å². The highest BCUT2D eigenvalue weighted by Gasteiger charge is 2.15. The molecule has 0 amide bonds. The number of rotatable bonds is 2. The highest BCUT2D eigenvalue weighted by atomic mass is 19.1. The van der Waals surface area contributed by atoms with E-state index in [1.807, 2.05) is 0 Å². The van der Waals surface area contributed by atoms with Crippen LogP contribution in [0.3, 0.4) is 0 Å². The maximum Gasteiger partial charge on any atom is 0.339 e. The Balaban J connectivity index is 3.26. The first-order valence-electron chi connectivity index (χ1n) is 3.73. The quantitative estimate of drug-likeness (QED) is 0.740. The van der Waals surface area contributed by atoms with Gasteiger partial charge in [0.2, 0.25) is 0 Å². The lowest BCUT2D eigenvalue weighted by Crippen LogP contribution is -1.99. The highest BCUT2D eigenvalue weighted by Crippen LogP contribution is 2.29. The third kappa shape index (κ3) is 1.77. The summed E-state index contributed by atoms with van der Waals surface area (Å²) in [4.78, 5) is 10.5. The molecule has 0 bridgehead atoms. The van der Waals surface area contributed by atoms with Crippen LogP contribution in [-0.2, 0) is 0 Å². The first-order chi connectivity index (χ1) is 6.04. The fraction of sp³-hybridized carbons (Fsp3) is 0.222. The molecule has 0 fully saturated rings. The Morgan fingerprint density at radius 1 is 1.54 bits per heavy atom. The Labute approximate surface area is 74.4 Å². The number of carboxylic acid groups (broad SMARTS) is 1. The zero-order valence-corrected chi connectivity index (χ0v) is 6.99. The van der Waals surface area contributed by atoms with Crippen LogP contribution in [0.15, 0.2) is 18.2 Å². The SMILES string of the molecule is CC(F)c1cccc(C(=O)O)c1O. The number of para-hydroxylation sites is 1. The summed E-state index contributed by atoms with van der Waals surface area (Å²) in [7, 11) is 0. The number of benzene rings is 1. The number of carboxylic acids is 1. The van der Waals surface area contributed by atoms with E-state index in [0.717, 1.165) is 0 Å². The summed E-state index contributed by atoms with van der Waals surface area (Å²) in [6.07, 6.45) is -1.38. The van der Waals surface area contributed by atoms with E-state index in [4.69, 9.17) is 5.11 Å². The number of carbonyl (C=O) groups is 1. The summed E-state index contributed by atoms with van der Waals surface area (Å²) >= 11 is 0. The fourth-order valence-corrected chi connectivity index (χ4v) is 1.05. The summed E-state index contributed by atoms with van der Waals surface area (Å²) in [6, 6.07) is 3.98. The number of hydrogen-bond donors (Lipinski definition) is 2. The van der Waals surface area contributed by atoms with Gasteiger partial charge in [-0.05, 0) is 13.0 Å². The number of aromatic carboxylic acids is 1. The van der Waals surface area contributed by atoms with Gasteiger partial charge in [-0.25, -0.2) is 9.18 Å².